The summed E-state index contributed by atoms with van der Waals surface area (Å²) in [5.74, 6) is 0.0815. The van der Waals surface area contributed by atoms with Crippen LogP contribution in [0.2, 0.25) is 5.02 Å². The first-order chi connectivity index (χ1) is 16.5. The van der Waals surface area contributed by atoms with E-state index < -0.39 is 11.4 Å². The zero-order chi connectivity index (χ0) is 23.3. The molecule has 5 heterocycles. The molecule has 0 aromatic carbocycles. The molecule has 0 amide bonds. The van der Waals surface area contributed by atoms with Gasteiger partial charge in [-0.05, 0) is 24.8 Å². The molecule has 176 valence electrons. The van der Waals surface area contributed by atoms with Crippen LogP contribution < -0.4 is 5.76 Å². The number of nitrogens with zero attached hydrogens (tertiary/aromatic N) is 6. The first-order valence-electron chi connectivity index (χ1n) is 11.2. The summed E-state index contributed by atoms with van der Waals surface area (Å²) in [6, 6.07) is 1.72. The van der Waals surface area contributed by atoms with Crippen LogP contribution in [0.15, 0.2) is 27.8 Å². The second-order valence-electron chi connectivity index (χ2n) is 8.91. The van der Waals surface area contributed by atoms with E-state index in [1.165, 1.54) is 12.6 Å². The Balaban J connectivity index is 1.61. The van der Waals surface area contributed by atoms with Crippen LogP contribution in [0, 0.1) is 5.92 Å². The number of H-pyrrole nitrogens is 1. The minimum Gasteiger partial charge on any atom is -0.374 e. The number of imidazole rings is 1. The van der Waals surface area contributed by atoms with E-state index >= 15 is 4.39 Å². The van der Waals surface area contributed by atoms with Crippen molar-refractivity contribution in [3.8, 4) is 22.9 Å². The van der Waals surface area contributed by atoms with Gasteiger partial charge in [0.25, 0.3) is 0 Å². The SMILES string of the molecule is O=c1[nH]c(-c2nc(-c3cncc(Cl)c3)c3c(n2)nc(C2(F)COC2)n3CC2CCCCC2)no1. The molecule has 0 bridgehead atoms. The van der Waals surface area contributed by atoms with Crippen LogP contribution >= 0.6 is 11.6 Å². The van der Waals surface area contributed by atoms with Crippen molar-refractivity contribution < 1.29 is 13.7 Å². The number of ether oxygens (including phenoxy) is 1. The fourth-order valence-electron chi connectivity index (χ4n) is 4.77. The summed E-state index contributed by atoms with van der Waals surface area (Å²) >= 11 is 6.23. The largest absolute Gasteiger partial charge is 0.439 e. The molecule has 1 N–H and O–H groups in total. The number of hydrogen-bond donors (Lipinski definition) is 1. The highest BCUT2D eigenvalue weighted by Gasteiger charge is 2.46. The molecule has 4 aromatic rings. The topological polar surface area (TPSA) is 125 Å². The van der Waals surface area contributed by atoms with Gasteiger partial charge in [-0.3, -0.25) is 14.5 Å². The average Bonchev–Trinajstić information content (AvgIpc) is 3.41. The van der Waals surface area contributed by atoms with E-state index in [1.54, 1.807) is 12.3 Å². The van der Waals surface area contributed by atoms with Crippen LogP contribution in [0.5, 0.6) is 0 Å². The number of halogens is 2. The summed E-state index contributed by atoms with van der Waals surface area (Å²) in [5.41, 5.74) is 0.252. The van der Waals surface area contributed by atoms with Gasteiger partial charge in [0.1, 0.15) is 11.2 Å². The lowest BCUT2D eigenvalue weighted by Crippen LogP contribution is -2.45. The molecule has 10 nitrogen and oxygen atoms in total. The maximum Gasteiger partial charge on any atom is 0.439 e. The predicted octanol–water partition coefficient (Wildman–Crippen LogP) is 3.66. The summed E-state index contributed by atoms with van der Waals surface area (Å²) in [4.78, 5) is 32.0. The molecule has 1 saturated carbocycles. The number of hydrogen-bond acceptors (Lipinski definition) is 8. The number of aromatic amines is 1. The predicted molar refractivity (Wildman–Crippen MR) is 120 cm³/mol. The molecule has 0 unspecified atom stereocenters. The summed E-state index contributed by atoms with van der Waals surface area (Å²) in [6.45, 7) is 0.472. The molecule has 34 heavy (non-hydrogen) atoms. The van der Waals surface area contributed by atoms with E-state index in [-0.39, 0.29) is 30.7 Å². The summed E-state index contributed by atoms with van der Waals surface area (Å²) in [7, 11) is 0. The molecule has 2 aliphatic rings. The molecule has 0 spiro atoms. The normalized spacial score (nSPS) is 18.3. The van der Waals surface area contributed by atoms with Crippen molar-refractivity contribution in [2.45, 2.75) is 44.3 Å². The molecule has 1 aliphatic heterocycles. The average molecular weight is 486 g/mol. The molecule has 6 rings (SSSR count). The summed E-state index contributed by atoms with van der Waals surface area (Å²) in [6.07, 6.45) is 8.81. The third-order valence-corrected chi connectivity index (χ3v) is 6.67. The smallest absolute Gasteiger partial charge is 0.374 e. The fraction of sp³-hybridized carbons (Fsp3) is 0.455. The van der Waals surface area contributed by atoms with Crippen LogP contribution in [0.25, 0.3) is 34.1 Å². The third-order valence-electron chi connectivity index (χ3n) is 6.46. The number of rotatable bonds is 5. The number of pyridine rings is 1. The Morgan fingerprint density at radius 1 is 1.18 bits per heavy atom. The van der Waals surface area contributed by atoms with E-state index in [9.17, 15) is 4.79 Å². The van der Waals surface area contributed by atoms with Crippen molar-refractivity contribution in [2.75, 3.05) is 13.2 Å². The standard InChI is InChI=1S/C22H21ClFN7O3/c23-14-6-13(7-25-8-14)15-16-17(27-18(26-15)19-29-21(32)34-30-19)28-20(22(24)10-33-11-22)31(16)9-12-4-2-1-3-5-12/h6-8,12H,1-5,9-11H2,(H,29,30,32). The number of aromatic nitrogens is 7. The number of fused-ring (bicyclic) bond motifs is 1. The van der Waals surface area contributed by atoms with Gasteiger partial charge in [-0.25, -0.2) is 24.1 Å². The van der Waals surface area contributed by atoms with Crippen LogP contribution in [0.4, 0.5) is 4.39 Å². The van der Waals surface area contributed by atoms with Crippen molar-refractivity contribution in [3.05, 3.63) is 39.9 Å². The van der Waals surface area contributed by atoms with E-state index in [0.29, 0.717) is 39.9 Å². The Bertz CT molecular complexity index is 1420. The van der Waals surface area contributed by atoms with Crippen molar-refractivity contribution >= 4 is 22.8 Å². The molecule has 2 fully saturated rings. The van der Waals surface area contributed by atoms with Gasteiger partial charge < -0.3 is 9.30 Å². The lowest BCUT2D eigenvalue weighted by Gasteiger charge is -2.34. The monoisotopic (exact) mass is 485 g/mol. The number of alkyl halides is 1. The van der Waals surface area contributed by atoms with Gasteiger partial charge in [-0.1, -0.05) is 36.0 Å². The second kappa shape index (κ2) is 8.24. The number of nitrogens with one attached hydrogen (secondary N) is 1. The maximum atomic E-state index is 15.8. The molecule has 0 radical (unpaired) electrons. The Morgan fingerprint density at radius 3 is 2.68 bits per heavy atom. The zero-order valence-electron chi connectivity index (χ0n) is 18.1. The highest BCUT2D eigenvalue weighted by Crippen LogP contribution is 2.39. The van der Waals surface area contributed by atoms with Gasteiger partial charge in [0, 0.05) is 24.5 Å². The van der Waals surface area contributed by atoms with Crippen LogP contribution in [-0.2, 0) is 17.0 Å². The van der Waals surface area contributed by atoms with Crippen molar-refractivity contribution in [3.63, 3.8) is 0 Å². The van der Waals surface area contributed by atoms with Crippen molar-refractivity contribution in [2.24, 2.45) is 5.92 Å². The van der Waals surface area contributed by atoms with Gasteiger partial charge in [-0.15, -0.1) is 0 Å². The Hall–Kier alpha value is -3.18. The first-order valence-corrected chi connectivity index (χ1v) is 11.6. The lowest BCUT2D eigenvalue weighted by atomic mass is 9.89. The molecular formula is C22H21ClFN7O3. The Morgan fingerprint density at radius 2 is 2.00 bits per heavy atom. The second-order valence-corrected chi connectivity index (χ2v) is 9.35. The molecule has 1 saturated heterocycles. The van der Waals surface area contributed by atoms with E-state index in [4.69, 9.17) is 16.3 Å². The van der Waals surface area contributed by atoms with Gasteiger partial charge in [0.2, 0.25) is 17.3 Å². The van der Waals surface area contributed by atoms with E-state index in [0.717, 1.165) is 25.7 Å². The lowest BCUT2D eigenvalue weighted by molar-refractivity contribution is -0.141. The minimum atomic E-state index is -1.71. The van der Waals surface area contributed by atoms with E-state index in [1.807, 2.05) is 4.57 Å². The Kier molecular flexibility index (Phi) is 5.18. The van der Waals surface area contributed by atoms with E-state index in [2.05, 4.69) is 34.6 Å². The maximum absolute atomic E-state index is 15.8. The Labute approximate surface area is 197 Å². The molecule has 0 atom stereocenters. The molecule has 4 aromatic heterocycles. The van der Waals surface area contributed by atoms with Crippen LogP contribution in [0.1, 0.15) is 37.9 Å². The van der Waals surface area contributed by atoms with Crippen LogP contribution in [-0.4, -0.2) is 47.9 Å². The molecule has 1 aliphatic carbocycles. The van der Waals surface area contributed by atoms with Gasteiger partial charge in [-0.2, -0.15) is 0 Å². The minimum absolute atomic E-state index is 0.0495. The summed E-state index contributed by atoms with van der Waals surface area (Å²) < 4.78 is 27.5. The zero-order valence-corrected chi connectivity index (χ0v) is 18.9. The van der Waals surface area contributed by atoms with Crippen molar-refractivity contribution in [1.82, 2.24) is 34.6 Å². The van der Waals surface area contributed by atoms with Gasteiger partial charge in [0.05, 0.1) is 18.2 Å². The van der Waals surface area contributed by atoms with Gasteiger partial charge in [0.15, 0.2) is 11.5 Å². The van der Waals surface area contributed by atoms with Crippen molar-refractivity contribution in [1.29, 1.82) is 0 Å². The molecule has 12 heteroatoms. The van der Waals surface area contributed by atoms with Gasteiger partial charge >= 0.3 is 5.76 Å². The third kappa shape index (κ3) is 3.68. The molecular weight excluding hydrogens is 465 g/mol. The summed E-state index contributed by atoms with van der Waals surface area (Å²) in [5, 5.41) is 4.13. The van der Waals surface area contributed by atoms with Crippen LogP contribution in [0.3, 0.4) is 0 Å². The highest BCUT2D eigenvalue weighted by atomic mass is 35.5. The highest BCUT2D eigenvalue weighted by molar-refractivity contribution is 6.30. The quantitative estimate of drug-likeness (QED) is 0.454. The fourth-order valence-corrected chi connectivity index (χ4v) is 4.94. The first kappa shape index (κ1) is 21.4.